The first-order chi connectivity index (χ1) is 10.1. The zero-order valence-electron chi connectivity index (χ0n) is 13.1. The predicted molar refractivity (Wildman–Crippen MR) is 84.5 cm³/mol. The van der Waals surface area contributed by atoms with Crippen molar-refractivity contribution in [2.45, 2.75) is 64.8 Å². The number of Topliss-reactive ketones (excluding diaryl/α,β-unsaturated/α-hetero) is 1. The highest BCUT2D eigenvalue weighted by atomic mass is 16.2. The van der Waals surface area contributed by atoms with Crippen LogP contribution >= 0.6 is 0 Å². The van der Waals surface area contributed by atoms with Crippen molar-refractivity contribution in [1.29, 1.82) is 0 Å². The second-order valence-electron chi connectivity index (χ2n) is 5.84. The molecule has 0 spiro atoms. The van der Waals surface area contributed by atoms with Crippen LogP contribution in [0.1, 0.15) is 67.4 Å². The molecule has 1 aliphatic rings. The van der Waals surface area contributed by atoms with Gasteiger partial charge in [0, 0.05) is 24.4 Å². The molecule has 21 heavy (non-hydrogen) atoms. The summed E-state index contributed by atoms with van der Waals surface area (Å²) in [5.74, 6) is 0.0580. The number of rotatable bonds is 7. The third-order valence-corrected chi connectivity index (χ3v) is 4.35. The van der Waals surface area contributed by atoms with E-state index in [1.54, 1.807) is 0 Å². The minimum atomic E-state index is -0.0155. The Morgan fingerprint density at radius 1 is 1.10 bits per heavy atom. The standard InChI is InChI=1S/C18H25NO2/c1-3-16(4-2)19-18(21)11-10-17(20)15-9-8-13-6-5-7-14(13)12-15/h8-9,12,16H,3-7,10-11H2,1-2H3,(H,19,21). The SMILES string of the molecule is CCC(CC)NC(=O)CCC(=O)c1ccc2c(c1)CCC2. The molecule has 0 heterocycles. The first-order valence-electron chi connectivity index (χ1n) is 8.08. The zero-order valence-corrected chi connectivity index (χ0v) is 13.1. The topological polar surface area (TPSA) is 46.2 Å². The summed E-state index contributed by atoms with van der Waals surface area (Å²) in [6.07, 6.45) is 5.83. The summed E-state index contributed by atoms with van der Waals surface area (Å²) >= 11 is 0. The molecule has 0 bridgehead atoms. The van der Waals surface area contributed by atoms with Crippen LogP contribution in [0.4, 0.5) is 0 Å². The molecule has 3 heteroatoms. The summed E-state index contributed by atoms with van der Waals surface area (Å²) in [7, 11) is 0. The van der Waals surface area contributed by atoms with E-state index in [1.165, 1.54) is 17.5 Å². The normalized spacial score (nSPS) is 13.3. The molecule has 1 N–H and O–H groups in total. The average Bonchev–Trinajstić information content (AvgIpc) is 2.97. The lowest BCUT2D eigenvalue weighted by molar-refractivity contribution is -0.121. The summed E-state index contributed by atoms with van der Waals surface area (Å²) in [4.78, 5) is 24.0. The van der Waals surface area contributed by atoms with Crippen molar-refractivity contribution in [1.82, 2.24) is 5.32 Å². The minimum Gasteiger partial charge on any atom is -0.353 e. The number of aryl methyl sites for hydroxylation is 2. The van der Waals surface area contributed by atoms with E-state index in [-0.39, 0.29) is 24.2 Å². The van der Waals surface area contributed by atoms with Crippen molar-refractivity contribution >= 4 is 11.7 Å². The Bertz CT molecular complexity index is 518. The third kappa shape index (κ3) is 4.16. The molecule has 114 valence electrons. The lowest BCUT2D eigenvalue weighted by atomic mass is 10.0. The molecule has 0 radical (unpaired) electrons. The maximum Gasteiger partial charge on any atom is 0.220 e. The van der Waals surface area contributed by atoms with Gasteiger partial charge >= 0.3 is 0 Å². The number of fused-ring (bicyclic) bond motifs is 1. The molecular weight excluding hydrogens is 262 g/mol. The Labute approximate surface area is 127 Å². The number of hydrogen-bond acceptors (Lipinski definition) is 2. The van der Waals surface area contributed by atoms with Crippen molar-refractivity contribution < 1.29 is 9.59 Å². The van der Waals surface area contributed by atoms with Gasteiger partial charge in [0.25, 0.3) is 0 Å². The number of nitrogens with one attached hydrogen (secondary N) is 1. The van der Waals surface area contributed by atoms with Crippen LogP contribution in [0.15, 0.2) is 18.2 Å². The molecule has 0 saturated heterocycles. The highest BCUT2D eigenvalue weighted by molar-refractivity contribution is 5.98. The first kappa shape index (κ1) is 15.7. The number of carbonyl (C=O) groups excluding carboxylic acids is 2. The molecule has 0 aliphatic heterocycles. The third-order valence-electron chi connectivity index (χ3n) is 4.35. The molecule has 0 atom stereocenters. The van der Waals surface area contributed by atoms with Gasteiger partial charge in [-0.05, 0) is 49.3 Å². The fraction of sp³-hybridized carbons (Fsp3) is 0.556. The molecule has 0 fully saturated rings. The van der Waals surface area contributed by atoms with Gasteiger partial charge in [0.1, 0.15) is 0 Å². The summed E-state index contributed by atoms with van der Waals surface area (Å²) in [5, 5.41) is 2.97. The molecule has 0 unspecified atom stereocenters. The maximum absolute atomic E-state index is 12.2. The Morgan fingerprint density at radius 2 is 1.81 bits per heavy atom. The molecule has 2 rings (SSSR count). The van der Waals surface area contributed by atoms with Crippen molar-refractivity contribution in [3.8, 4) is 0 Å². The molecule has 0 saturated carbocycles. The van der Waals surface area contributed by atoms with Crippen LogP contribution in [0.25, 0.3) is 0 Å². The highest BCUT2D eigenvalue weighted by Crippen LogP contribution is 2.23. The second-order valence-corrected chi connectivity index (χ2v) is 5.84. The number of amides is 1. The van der Waals surface area contributed by atoms with E-state index in [9.17, 15) is 9.59 Å². The average molecular weight is 287 g/mol. The minimum absolute atomic E-state index is 0.0155. The van der Waals surface area contributed by atoms with Crippen molar-refractivity contribution in [2.75, 3.05) is 0 Å². The van der Waals surface area contributed by atoms with E-state index >= 15 is 0 Å². The van der Waals surface area contributed by atoms with E-state index in [4.69, 9.17) is 0 Å². The van der Waals surface area contributed by atoms with E-state index in [0.29, 0.717) is 6.42 Å². The fourth-order valence-electron chi connectivity index (χ4n) is 2.91. The van der Waals surface area contributed by atoms with Gasteiger partial charge < -0.3 is 5.32 Å². The highest BCUT2D eigenvalue weighted by Gasteiger charge is 2.15. The van der Waals surface area contributed by atoms with Crippen molar-refractivity contribution in [3.05, 3.63) is 34.9 Å². The van der Waals surface area contributed by atoms with Gasteiger partial charge in [0.05, 0.1) is 0 Å². The van der Waals surface area contributed by atoms with Gasteiger partial charge in [-0.15, -0.1) is 0 Å². The Morgan fingerprint density at radius 3 is 2.52 bits per heavy atom. The van der Waals surface area contributed by atoms with Gasteiger partial charge in [-0.3, -0.25) is 9.59 Å². The number of carbonyl (C=O) groups is 2. The van der Waals surface area contributed by atoms with Crippen LogP contribution in [-0.2, 0) is 17.6 Å². The zero-order chi connectivity index (χ0) is 15.2. The monoisotopic (exact) mass is 287 g/mol. The Balaban J connectivity index is 1.86. The molecule has 0 aromatic heterocycles. The van der Waals surface area contributed by atoms with Gasteiger partial charge in [-0.1, -0.05) is 26.0 Å². The largest absolute Gasteiger partial charge is 0.353 e. The number of hydrogen-bond donors (Lipinski definition) is 1. The number of benzene rings is 1. The van der Waals surface area contributed by atoms with Gasteiger partial charge in [0.15, 0.2) is 5.78 Å². The molecular formula is C18H25NO2. The number of ketones is 1. The van der Waals surface area contributed by atoms with Gasteiger partial charge in [-0.25, -0.2) is 0 Å². The summed E-state index contributed by atoms with van der Waals surface area (Å²) in [6.45, 7) is 4.12. The Hall–Kier alpha value is -1.64. The lowest BCUT2D eigenvalue weighted by Gasteiger charge is -2.14. The second kappa shape index (κ2) is 7.39. The summed E-state index contributed by atoms with van der Waals surface area (Å²) in [6, 6.07) is 6.22. The molecule has 3 nitrogen and oxygen atoms in total. The quantitative estimate of drug-likeness (QED) is 0.781. The van der Waals surface area contributed by atoms with Crippen LogP contribution in [0.5, 0.6) is 0 Å². The molecule has 1 aliphatic carbocycles. The van der Waals surface area contributed by atoms with Crippen LogP contribution in [0, 0.1) is 0 Å². The van der Waals surface area contributed by atoms with Gasteiger partial charge in [-0.2, -0.15) is 0 Å². The van der Waals surface area contributed by atoms with Crippen LogP contribution in [0.3, 0.4) is 0 Å². The van der Waals surface area contributed by atoms with Crippen LogP contribution < -0.4 is 5.32 Å². The van der Waals surface area contributed by atoms with Crippen molar-refractivity contribution in [2.24, 2.45) is 0 Å². The molecule has 1 aromatic rings. The smallest absolute Gasteiger partial charge is 0.220 e. The first-order valence-corrected chi connectivity index (χ1v) is 8.08. The van der Waals surface area contributed by atoms with E-state index in [1.807, 2.05) is 12.1 Å². The van der Waals surface area contributed by atoms with E-state index < -0.39 is 0 Å². The lowest BCUT2D eigenvalue weighted by Crippen LogP contribution is -2.33. The van der Waals surface area contributed by atoms with E-state index in [0.717, 1.165) is 31.2 Å². The summed E-state index contributed by atoms with van der Waals surface area (Å²) in [5.41, 5.74) is 3.44. The predicted octanol–water partition coefficient (Wildman–Crippen LogP) is 3.44. The fourth-order valence-corrected chi connectivity index (χ4v) is 2.91. The molecule has 1 amide bonds. The molecule has 1 aromatic carbocycles. The van der Waals surface area contributed by atoms with Crippen LogP contribution in [-0.4, -0.2) is 17.7 Å². The van der Waals surface area contributed by atoms with E-state index in [2.05, 4.69) is 25.2 Å². The van der Waals surface area contributed by atoms with Crippen LogP contribution in [0.2, 0.25) is 0 Å². The maximum atomic E-state index is 12.2. The Kier molecular flexibility index (Phi) is 5.54. The summed E-state index contributed by atoms with van der Waals surface area (Å²) < 4.78 is 0. The van der Waals surface area contributed by atoms with Crippen molar-refractivity contribution in [3.63, 3.8) is 0 Å². The van der Waals surface area contributed by atoms with Gasteiger partial charge in [0.2, 0.25) is 5.91 Å².